The van der Waals surface area contributed by atoms with E-state index in [0.717, 1.165) is 30.3 Å². The predicted octanol–water partition coefficient (Wildman–Crippen LogP) is 5.49. The van der Waals surface area contributed by atoms with Crippen LogP contribution in [0.25, 0.3) is 22.2 Å². The molecule has 2 aromatic carbocycles. The lowest BCUT2D eigenvalue weighted by molar-refractivity contribution is 0.103. The molecule has 0 fully saturated rings. The van der Waals surface area contributed by atoms with Crippen LogP contribution in [0.1, 0.15) is 21.7 Å². The highest BCUT2D eigenvalue weighted by molar-refractivity contribution is 6.16. The summed E-state index contributed by atoms with van der Waals surface area (Å²) in [6, 6.07) is 6.07. The van der Waals surface area contributed by atoms with Gasteiger partial charge in [-0.25, -0.2) is 43.5 Å². The van der Waals surface area contributed by atoms with Crippen molar-refractivity contribution in [2.75, 3.05) is 11.0 Å². The SMILES string of the molecule is Cc1ncc(-c2cnc3[nH]cc(C(=O)c4c(F)ccc(NONc5cc(F)ccc5F)c4F)c3c2)cn1. The summed E-state index contributed by atoms with van der Waals surface area (Å²) in [4.78, 5) is 33.4. The highest BCUT2D eigenvalue weighted by atomic mass is 19.1. The number of nitrogens with one attached hydrogen (secondary N) is 3. The topological polar surface area (TPSA) is 105 Å². The summed E-state index contributed by atoms with van der Waals surface area (Å²) < 4.78 is 56.9. The van der Waals surface area contributed by atoms with Crippen LogP contribution in [0.3, 0.4) is 0 Å². The number of halogens is 4. The number of hydrogen-bond acceptors (Lipinski definition) is 7. The largest absolute Gasteiger partial charge is 0.345 e. The summed E-state index contributed by atoms with van der Waals surface area (Å²) in [5.41, 5.74) is 4.10. The Bertz CT molecular complexity index is 1640. The van der Waals surface area contributed by atoms with Gasteiger partial charge in [0, 0.05) is 52.9 Å². The van der Waals surface area contributed by atoms with E-state index in [4.69, 9.17) is 4.94 Å². The third kappa shape index (κ3) is 4.69. The molecule has 0 aliphatic rings. The fourth-order valence-corrected chi connectivity index (χ4v) is 3.58. The zero-order valence-electron chi connectivity index (χ0n) is 18.9. The smallest absolute Gasteiger partial charge is 0.201 e. The zero-order valence-corrected chi connectivity index (χ0v) is 18.9. The quantitative estimate of drug-likeness (QED) is 0.152. The van der Waals surface area contributed by atoms with Crippen molar-refractivity contribution < 1.29 is 27.3 Å². The average molecular weight is 508 g/mol. The minimum atomic E-state index is -1.25. The Morgan fingerprint density at radius 1 is 0.865 bits per heavy atom. The second-order valence-electron chi connectivity index (χ2n) is 7.88. The molecule has 0 spiro atoms. The summed E-state index contributed by atoms with van der Waals surface area (Å²) in [6.45, 7) is 1.74. The van der Waals surface area contributed by atoms with Gasteiger partial charge in [-0.2, -0.15) is 4.94 Å². The van der Waals surface area contributed by atoms with Gasteiger partial charge in [0.15, 0.2) is 5.82 Å². The molecular formula is C25H16F4N6O2. The molecule has 0 radical (unpaired) electrons. The number of nitrogens with zero attached hydrogens (tertiary/aromatic N) is 3. The van der Waals surface area contributed by atoms with Crippen molar-refractivity contribution >= 4 is 28.2 Å². The van der Waals surface area contributed by atoms with E-state index < -0.39 is 40.3 Å². The minimum absolute atomic E-state index is 0.0202. The van der Waals surface area contributed by atoms with Gasteiger partial charge in [0.1, 0.15) is 34.6 Å². The number of fused-ring (bicyclic) bond motifs is 1. The van der Waals surface area contributed by atoms with Gasteiger partial charge < -0.3 is 4.98 Å². The number of H-pyrrole nitrogens is 1. The van der Waals surface area contributed by atoms with Crippen molar-refractivity contribution in [3.63, 3.8) is 0 Å². The minimum Gasteiger partial charge on any atom is -0.345 e. The van der Waals surface area contributed by atoms with Crippen LogP contribution < -0.4 is 11.0 Å². The first-order valence-electron chi connectivity index (χ1n) is 10.7. The first-order chi connectivity index (χ1) is 17.8. The zero-order chi connectivity index (χ0) is 26.1. The van der Waals surface area contributed by atoms with E-state index in [0.29, 0.717) is 28.0 Å². The fraction of sp³-hybridized carbons (Fsp3) is 0.0400. The number of aromatic amines is 1. The van der Waals surface area contributed by atoms with Gasteiger partial charge in [-0.1, -0.05) is 0 Å². The Balaban J connectivity index is 1.43. The summed E-state index contributed by atoms with van der Waals surface area (Å²) in [5, 5.41) is 0.333. The van der Waals surface area contributed by atoms with Crippen molar-refractivity contribution in [1.29, 1.82) is 0 Å². The summed E-state index contributed by atoms with van der Waals surface area (Å²) in [7, 11) is 0. The van der Waals surface area contributed by atoms with Crippen molar-refractivity contribution in [2.24, 2.45) is 0 Å². The molecule has 0 amide bonds. The lowest BCUT2D eigenvalue weighted by Gasteiger charge is -2.12. The average Bonchev–Trinajstić information content (AvgIpc) is 3.31. The van der Waals surface area contributed by atoms with Gasteiger partial charge in [-0.15, -0.1) is 0 Å². The van der Waals surface area contributed by atoms with E-state index in [-0.39, 0.29) is 11.3 Å². The predicted molar refractivity (Wildman–Crippen MR) is 126 cm³/mol. The fourth-order valence-electron chi connectivity index (χ4n) is 3.58. The monoisotopic (exact) mass is 508 g/mol. The lowest BCUT2D eigenvalue weighted by atomic mass is 10.0. The van der Waals surface area contributed by atoms with Crippen LogP contribution in [-0.4, -0.2) is 25.7 Å². The van der Waals surface area contributed by atoms with E-state index in [2.05, 4.69) is 30.9 Å². The number of rotatable bonds is 7. The number of benzene rings is 2. The van der Waals surface area contributed by atoms with Gasteiger partial charge in [0.2, 0.25) is 5.78 Å². The number of aromatic nitrogens is 4. The van der Waals surface area contributed by atoms with Crippen LogP contribution >= 0.6 is 0 Å². The third-order valence-electron chi connectivity index (χ3n) is 5.46. The van der Waals surface area contributed by atoms with Crippen LogP contribution in [0.2, 0.25) is 0 Å². The Kier molecular flexibility index (Phi) is 6.24. The van der Waals surface area contributed by atoms with E-state index in [9.17, 15) is 18.0 Å². The van der Waals surface area contributed by atoms with Crippen LogP contribution in [0.15, 0.2) is 61.2 Å². The van der Waals surface area contributed by atoms with Crippen molar-refractivity contribution in [1.82, 2.24) is 19.9 Å². The summed E-state index contributed by atoms with van der Waals surface area (Å²) in [6.07, 6.45) is 6.05. The van der Waals surface area contributed by atoms with Crippen molar-refractivity contribution in [3.05, 3.63) is 101 Å². The standard InChI is InChI=1S/C25H16F4N6O2/c1-12-30-9-14(10-31-12)13-6-16-17(11-33-25(16)32-8-13)24(36)22-19(28)4-5-20(23(22)29)34-37-35-21-7-15(26)2-3-18(21)27/h2-11,34-35H,1H3,(H,32,33). The Hall–Kier alpha value is -4.84. The number of carbonyl (C=O) groups excluding carboxylic acids is 1. The normalized spacial score (nSPS) is 11.1. The van der Waals surface area contributed by atoms with Gasteiger partial charge in [0.25, 0.3) is 0 Å². The van der Waals surface area contributed by atoms with Gasteiger partial charge in [0.05, 0.1) is 11.3 Å². The van der Waals surface area contributed by atoms with Crippen LogP contribution in [0, 0.1) is 30.2 Å². The Morgan fingerprint density at radius 3 is 2.35 bits per heavy atom. The highest BCUT2D eigenvalue weighted by Gasteiger charge is 2.25. The maximum absolute atomic E-state index is 15.2. The molecule has 0 unspecified atom stereocenters. The molecule has 0 saturated carbocycles. The van der Waals surface area contributed by atoms with E-state index in [1.54, 1.807) is 31.6 Å². The highest BCUT2D eigenvalue weighted by Crippen LogP contribution is 2.29. The number of carbonyl (C=O) groups is 1. The van der Waals surface area contributed by atoms with E-state index >= 15 is 4.39 Å². The molecule has 0 atom stereocenters. The number of anilines is 2. The molecule has 0 aliphatic carbocycles. The van der Waals surface area contributed by atoms with E-state index in [1.165, 1.54) is 6.20 Å². The Morgan fingerprint density at radius 2 is 1.57 bits per heavy atom. The molecule has 0 bridgehead atoms. The van der Waals surface area contributed by atoms with Crippen LogP contribution in [-0.2, 0) is 4.94 Å². The van der Waals surface area contributed by atoms with Gasteiger partial charge >= 0.3 is 0 Å². The van der Waals surface area contributed by atoms with Gasteiger partial charge in [-0.3, -0.25) is 4.79 Å². The molecule has 5 rings (SSSR count). The summed E-state index contributed by atoms with van der Waals surface area (Å²) in [5.74, 6) is -4.30. The molecule has 12 heteroatoms. The summed E-state index contributed by atoms with van der Waals surface area (Å²) >= 11 is 0. The Labute approximate surface area is 206 Å². The molecule has 5 aromatic rings. The second-order valence-corrected chi connectivity index (χ2v) is 7.88. The first kappa shape index (κ1) is 23.9. The van der Waals surface area contributed by atoms with Crippen LogP contribution in [0.4, 0.5) is 28.9 Å². The van der Waals surface area contributed by atoms with Crippen molar-refractivity contribution in [3.8, 4) is 11.1 Å². The number of pyridine rings is 1. The van der Waals surface area contributed by atoms with Gasteiger partial charge in [-0.05, 0) is 37.3 Å². The number of aryl methyl sites for hydroxylation is 1. The number of hydrogen-bond donors (Lipinski definition) is 3. The molecule has 186 valence electrons. The van der Waals surface area contributed by atoms with Crippen LogP contribution in [0.5, 0.6) is 0 Å². The molecule has 3 heterocycles. The molecule has 0 saturated heterocycles. The van der Waals surface area contributed by atoms with E-state index in [1.807, 2.05) is 0 Å². The molecule has 3 N–H and O–H groups in total. The second kappa shape index (κ2) is 9.66. The maximum atomic E-state index is 15.2. The van der Waals surface area contributed by atoms with Crippen molar-refractivity contribution in [2.45, 2.75) is 6.92 Å². The molecule has 37 heavy (non-hydrogen) atoms. The molecule has 3 aromatic heterocycles. The first-order valence-corrected chi connectivity index (χ1v) is 10.7. The third-order valence-corrected chi connectivity index (χ3v) is 5.46. The maximum Gasteiger partial charge on any atom is 0.201 e. The molecule has 8 nitrogen and oxygen atoms in total. The lowest BCUT2D eigenvalue weighted by Crippen LogP contribution is -2.14. The molecular weight excluding hydrogens is 492 g/mol. The number of ketones is 1. The molecule has 0 aliphatic heterocycles.